The van der Waals surface area contributed by atoms with Gasteiger partial charge in [0.05, 0.1) is 6.04 Å². The number of alkyl carbamates (subject to hydrolysis) is 1. The van der Waals surface area contributed by atoms with Crippen LogP contribution in [0.4, 0.5) is 4.79 Å². The zero-order chi connectivity index (χ0) is 14.5. The van der Waals surface area contributed by atoms with E-state index in [0.29, 0.717) is 0 Å². The lowest BCUT2D eigenvalue weighted by atomic mass is 10.0. The molecule has 0 aliphatic carbocycles. The van der Waals surface area contributed by atoms with E-state index in [4.69, 9.17) is 4.74 Å². The molecule has 1 amide bonds. The number of hydrogen-bond donors (Lipinski definition) is 1. The van der Waals surface area contributed by atoms with E-state index in [1.54, 1.807) is 20.8 Å². The van der Waals surface area contributed by atoms with Crippen LogP contribution in [-0.4, -0.2) is 18.2 Å². The number of nitrogens with zero attached hydrogens (tertiary/aromatic N) is 1. The molecule has 1 atom stereocenters. The first kappa shape index (κ1) is 15.1. The molecule has 5 heteroatoms. The Balaban J connectivity index is 2.82. The number of rotatable bonds is 4. The van der Waals surface area contributed by atoms with Gasteiger partial charge in [0.2, 0.25) is 0 Å². The van der Waals surface area contributed by atoms with Crippen LogP contribution in [0.5, 0.6) is 0 Å². The maximum Gasteiger partial charge on any atom is 0.408 e. The van der Waals surface area contributed by atoms with E-state index in [1.165, 1.54) is 0 Å². The third-order valence-corrected chi connectivity index (χ3v) is 2.51. The second-order valence-corrected chi connectivity index (χ2v) is 5.37. The monoisotopic (exact) mass is 264 g/mol. The van der Waals surface area contributed by atoms with Crippen molar-refractivity contribution in [3.05, 3.63) is 40.3 Å². The molecule has 1 N–H and O–H groups in total. The molecule has 5 nitrogen and oxygen atoms in total. The Morgan fingerprint density at radius 2 is 2.00 bits per heavy atom. The minimum atomic E-state index is -0.574. The first-order valence-electron chi connectivity index (χ1n) is 6.17. The van der Waals surface area contributed by atoms with Gasteiger partial charge in [0.25, 0.3) is 0 Å². The summed E-state index contributed by atoms with van der Waals surface area (Å²) in [6, 6.07) is 7.08. The van der Waals surface area contributed by atoms with Gasteiger partial charge in [-0.3, -0.25) is 0 Å². The van der Waals surface area contributed by atoms with E-state index < -0.39 is 17.7 Å². The number of ether oxygens (including phenoxy) is 1. The van der Waals surface area contributed by atoms with Crippen molar-refractivity contribution >= 4 is 6.09 Å². The van der Waals surface area contributed by atoms with Crippen molar-refractivity contribution in [3.8, 4) is 0 Å². The summed E-state index contributed by atoms with van der Waals surface area (Å²) in [4.78, 5) is 22.3. The van der Waals surface area contributed by atoms with Gasteiger partial charge >= 0.3 is 6.09 Å². The molecule has 0 bridgehead atoms. The molecule has 19 heavy (non-hydrogen) atoms. The molecule has 0 heterocycles. The Kier molecular flexibility index (Phi) is 5.03. The fraction of sp³-hybridized carbons (Fsp3) is 0.500. The summed E-state index contributed by atoms with van der Waals surface area (Å²) in [7, 11) is 0. The average Bonchev–Trinajstić information content (AvgIpc) is 2.26. The highest BCUT2D eigenvalue weighted by atomic mass is 16.6. The van der Waals surface area contributed by atoms with Gasteiger partial charge in [0.15, 0.2) is 0 Å². The molecule has 1 aromatic carbocycles. The van der Waals surface area contributed by atoms with E-state index in [-0.39, 0.29) is 6.54 Å². The number of hydrogen-bond acceptors (Lipinski definition) is 4. The molecule has 104 valence electrons. The van der Waals surface area contributed by atoms with Crippen LogP contribution in [0.15, 0.2) is 29.4 Å². The van der Waals surface area contributed by atoms with Crippen LogP contribution in [0.25, 0.3) is 0 Å². The summed E-state index contributed by atoms with van der Waals surface area (Å²) in [5, 5.41) is 5.56. The number of amides is 1. The molecule has 1 rings (SSSR count). The van der Waals surface area contributed by atoms with Crippen molar-refractivity contribution in [2.75, 3.05) is 6.54 Å². The normalized spacial score (nSPS) is 12.6. The Morgan fingerprint density at radius 1 is 1.37 bits per heavy atom. The second kappa shape index (κ2) is 6.31. The largest absolute Gasteiger partial charge is 0.444 e. The van der Waals surface area contributed by atoms with Crippen LogP contribution >= 0.6 is 0 Å². The molecular weight excluding hydrogens is 244 g/mol. The Labute approximate surface area is 113 Å². The maximum atomic E-state index is 11.8. The van der Waals surface area contributed by atoms with Crippen LogP contribution in [0.2, 0.25) is 0 Å². The van der Waals surface area contributed by atoms with Gasteiger partial charge in [0, 0.05) is 0 Å². The van der Waals surface area contributed by atoms with E-state index in [0.717, 1.165) is 11.1 Å². The smallest absolute Gasteiger partial charge is 0.408 e. The van der Waals surface area contributed by atoms with Gasteiger partial charge in [-0.25, -0.2) is 4.79 Å². The van der Waals surface area contributed by atoms with Crippen LogP contribution < -0.4 is 5.32 Å². The zero-order valence-electron chi connectivity index (χ0n) is 11.8. The van der Waals surface area contributed by atoms with Crippen LogP contribution in [0, 0.1) is 11.8 Å². The summed E-state index contributed by atoms with van der Waals surface area (Å²) >= 11 is 0. The molecule has 0 radical (unpaired) electrons. The van der Waals surface area contributed by atoms with Crippen LogP contribution in [0.3, 0.4) is 0 Å². The number of carbonyl (C=O) groups is 1. The summed E-state index contributed by atoms with van der Waals surface area (Å²) in [5.74, 6) is 0. The molecule has 0 saturated carbocycles. The third-order valence-electron chi connectivity index (χ3n) is 2.51. The van der Waals surface area contributed by atoms with Gasteiger partial charge in [-0.1, -0.05) is 29.4 Å². The quantitative estimate of drug-likeness (QED) is 0.848. The maximum absolute atomic E-state index is 11.8. The van der Waals surface area contributed by atoms with E-state index in [2.05, 4.69) is 10.5 Å². The van der Waals surface area contributed by atoms with Crippen LogP contribution in [0.1, 0.15) is 37.9 Å². The van der Waals surface area contributed by atoms with Gasteiger partial charge in [-0.2, -0.15) is 4.91 Å². The highest BCUT2D eigenvalue weighted by Gasteiger charge is 2.21. The molecule has 0 aliphatic rings. The lowest BCUT2D eigenvalue weighted by molar-refractivity contribution is 0.0505. The zero-order valence-corrected chi connectivity index (χ0v) is 11.8. The predicted octanol–water partition coefficient (Wildman–Crippen LogP) is 3.33. The van der Waals surface area contributed by atoms with Crippen molar-refractivity contribution in [1.82, 2.24) is 5.32 Å². The van der Waals surface area contributed by atoms with Crippen LogP contribution in [-0.2, 0) is 4.74 Å². The summed E-state index contributed by atoms with van der Waals surface area (Å²) in [5.41, 5.74) is 1.29. The van der Waals surface area contributed by atoms with Gasteiger partial charge in [-0.15, -0.1) is 0 Å². The number of nitroso groups, excluding NO2 is 1. The van der Waals surface area contributed by atoms with Crippen molar-refractivity contribution in [2.24, 2.45) is 5.18 Å². The van der Waals surface area contributed by atoms with Crippen molar-refractivity contribution < 1.29 is 9.53 Å². The fourth-order valence-electron chi connectivity index (χ4n) is 1.72. The molecule has 1 aromatic rings. The summed E-state index contributed by atoms with van der Waals surface area (Å²) in [6.45, 7) is 7.25. The first-order valence-corrected chi connectivity index (χ1v) is 6.17. The van der Waals surface area contributed by atoms with Crippen molar-refractivity contribution in [2.45, 2.75) is 39.3 Å². The van der Waals surface area contributed by atoms with Crippen molar-refractivity contribution in [1.29, 1.82) is 0 Å². The third kappa shape index (κ3) is 5.07. The molecular formula is C14H20N2O3. The minimum Gasteiger partial charge on any atom is -0.444 e. The van der Waals surface area contributed by atoms with Gasteiger partial charge in [0.1, 0.15) is 12.1 Å². The predicted molar refractivity (Wildman–Crippen MR) is 74.0 cm³/mol. The molecule has 1 unspecified atom stereocenters. The SMILES string of the molecule is Cc1ccccc1C(CN=O)NC(=O)OC(C)(C)C. The summed E-state index contributed by atoms with van der Waals surface area (Å²) < 4.78 is 5.18. The highest BCUT2D eigenvalue weighted by Crippen LogP contribution is 2.18. The van der Waals surface area contributed by atoms with Crippen molar-refractivity contribution in [3.63, 3.8) is 0 Å². The Bertz CT molecular complexity index is 452. The average molecular weight is 264 g/mol. The molecule has 0 aromatic heterocycles. The highest BCUT2D eigenvalue weighted by molar-refractivity contribution is 5.68. The van der Waals surface area contributed by atoms with E-state index in [1.807, 2.05) is 31.2 Å². The topological polar surface area (TPSA) is 67.8 Å². The minimum absolute atomic E-state index is 0.0237. The summed E-state index contributed by atoms with van der Waals surface area (Å²) in [6.07, 6.45) is -0.551. The van der Waals surface area contributed by atoms with E-state index >= 15 is 0 Å². The lowest BCUT2D eigenvalue weighted by Crippen LogP contribution is -2.36. The number of aryl methyl sites for hydroxylation is 1. The molecule has 0 saturated heterocycles. The lowest BCUT2D eigenvalue weighted by Gasteiger charge is -2.23. The van der Waals surface area contributed by atoms with Gasteiger partial charge in [-0.05, 0) is 38.8 Å². The molecule has 0 aliphatic heterocycles. The number of benzene rings is 1. The second-order valence-electron chi connectivity index (χ2n) is 5.37. The standard InChI is InChI=1S/C14H20N2O3/c1-10-7-5-6-8-11(10)12(9-15-18)16-13(17)19-14(2,3)4/h5-8,12H,9H2,1-4H3,(H,16,17). The molecule has 0 spiro atoms. The Hall–Kier alpha value is -1.91. The number of carbonyl (C=O) groups excluding carboxylic acids is 1. The van der Waals surface area contributed by atoms with Gasteiger partial charge < -0.3 is 10.1 Å². The number of nitrogens with one attached hydrogen (secondary N) is 1. The fourth-order valence-corrected chi connectivity index (χ4v) is 1.72. The first-order chi connectivity index (χ1) is 8.83. The Morgan fingerprint density at radius 3 is 2.53 bits per heavy atom. The van der Waals surface area contributed by atoms with E-state index in [9.17, 15) is 9.70 Å². The molecule has 0 fully saturated rings.